The van der Waals surface area contributed by atoms with Crippen LogP contribution in [-0.4, -0.2) is 50.3 Å². The van der Waals surface area contributed by atoms with Gasteiger partial charge in [0.1, 0.15) is 17.2 Å². The minimum Gasteiger partial charge on any atom is -0.497 e. The number of nitrogens with zero attached hydrogens (tertiary/aromatic N) is 2. The molecule has 2 aromatic carbocycles. The molecular weight excluding hydrogens is 472 g/mol. The van der Waals surface area contributed by atoms with E-state index in [1.807, 2.05) is 37.3 Å². The van der Waals surface area contributed by atoms with Gasteiger partial charge in [0.25, 0.3) is 5.91 Å². The fourth-order valence-corrected chi connectivity index (χ4v) is 4.60. The lowest BCUT2D eigenvalue weighted by molar-refractivity contribution is -0.135. The minimum absolute atomic E-state index is 0.111. The largest absolute Gasteiger partial charge is 0.497 e. The van der Waals surface area contributed by atoms with Gasteiger partial charge in [-0.05, 0) is 81.1 Å². The van der Waals surface area contributed by atoms with Gasteiger partial charge in [-0.1, -0.05) is 0 Å². The Balaban J connectivity index is 1.65. The first-order valence-corrected chi connectivity index (χ1v) is 12.5. The SMILES string of the molecule is CCOC(=O)C(=N)C1=C(Nc2ccc(OC)cc2C)C(=O)N(c2ccc(N3CCCCC3=O)cc2)CC1. The highest BCUT2D eigenvalue weighted by molar-refractivity contribution is 6.43. The third-order valence-corrected chi connectivity index (χ3v) is 6.62. The number of piperidine rings is 1. The van der Waals surface area contributed by atoms with Gasteiger partial charge in [0.05, 0.1) is 13.7 Å². The molecule has 0 unspecified atom stereocenters. The van der Waals surface area contributed by atoms with Gasteiger partial charge in [0, 0.05) is 42.1 Å². The predicted octanol–water partition coefficient (Wildman–Crippen LogP) is 4.21. The monoisotopic (exact) mass is 504 g/mol. The number of hydrogen-bond donors (Lipinski definition) is 2. The molecule has 0 bridgehead atoms. The van der Waals surface area contributed by atoms with Crippen molar-refractivity contribution in [3.63, 3.8) is 0 Å². The van der Waals surface area contributed by atoms with Crippen molar-refractivity contribution in [3.8, 4) is 5.75 Å². The van der Waals surface area contributed by atoms with Crippen LogP contribution in [0.3, 0.4) is 0 Å². The molecule has 2 N–H and O–H groups in total. The molecule has 2 aliphatic heterocycles. The molecule has 194 valence electrons. The zero-order valence-corrected chi connectivity index (χ0v) is 21.4. The van der Waals surface area contributed by atoms with Crippen molar-refractivity contribution in [1.82, 2.24) is 0 Å². The first-order valence-electron chi connectivity index (χ1n) is 12.5. The lowest BCUT2D eigenvalue weighted by atomic mass is 9.98. The molecule has 9 heteroatoms. The van der Waals surface area contributed by atoms with E-state index in [0.29, 0.717) is 48.6 Å². The topological polar surface area (TPSA) is 112 Å². The van der Waals surface area contributed by atoms with E-state index >= 15 is 0 Å². The second kappa shape index (κ2) is 11.3. The number of ether oxygens (including phenoxy) is 2. The standard InChI is InChI=1S/C28H32N4O5/c1-4-37-28(35)25(29)22-14-16-32(20-10-8-19(9-11-20)31-15-6-5-7-24(31)33)27(34)26(22)30-23-13-12-21(36-3)17-18(23)2/h8-13,17,29-30H,4-7,14-16H2,1-3H3. The van der Waals surface area contributed by atoms with Gasteiger partial charge in [0.2, 0.25) is 5.91 Å². The van der Waals surface area contributed by atoms with E-state index in [2.05, 4.69) is 5.32 Å². The summed E-state index contributed by atoms with van der Waals surface area (Å²) >= 11 is 0. The van der Waals surface area contributed by atoms with Crippen molar-refractivity contribution in [2.24, 2.45) is 0 Å². The molecule has 2 heterocycles. The highest BCUT2D eigenvalue weighted by Crippen LogP contribution is 2.31. The molecule has 0 radical (unpaired) electrons. The average Bonchev–Trinajstić information content (AvgIpc) is 2.91. The summed E-state index contributed by atoms with van der Waals surface area (Å²) < 4.78 is 10.3. The van der Waals surface area contributed by atoms with E-state index in [0.717, 1.165) is 24.1 Å². The Hall–Kier alpha value is -4.14. The maximum absolute atomic E-state index is 13.8. The number of anilines is 3. The quantitative estimate of drug-likeness (QED) is 0.412. The molecule has 0 saturated carbocycles. The lowest BCUT2D eigenvalue weighted by Crippen LogP contribution is -2.42. The summed E-state index contributed by atoms with van der Waals surface area (Å²) in [4.78, 5) is 41.8. The molecule has 0 spiro atoms. The van der Waals surface area contributed by atoms with Gasteiger partial charge < -0.3 is 24.6 Å². The number of rotatable bonds is 8. The summed E-state index contributed by atoms with van der Waals surface area (Å²) in [5.41, 5.74) is 3.13. The van der Waals surface area contributed by atoms with E-state index in [4.69, 9.17) is 14.9 Å². The van der Waals surface area contributed by atoms with Crippen LogP contribution < -0.4 is 19.9 Å². The summed E-state index contributed by atoms with van der Waals surface area (Å²) in [5, 5.41) is 11.6. The van der Waals surface area contributed by atoms with Gasteiger partial charge in [0.15, 0.2) is 0 Å². The van der Waals surface area contributed by atoms with Crippen LogP contribution >= 0.6 is 0 Å². The maximum atomic E-state index is 13.8. The summed E-state index contributed by atoms with van der Waals surface area (Å²) in [6, 6.07) is 12.8. The highest BCUT2D eigenvalue weighted by atomic mass is 16.5. The second-order valence-electron chi connectivity index (χ2n) is 8.98. The van der Waals surface area contributed by atoms with Crippen LogP contribution in [0.5, 0.6) is 5.75 Å². The van der Waals surface area contributed by atoms with E-state index in [9.17, 15) is 14.4 Å². The zero-order chi connectivity index (χ0) is 26.5. The molecule has 2 amide bonds. The van der Waals surface area contributed by atoms with Gasteiger partial charge >= 0.3 is 5.97 Å². The van der Waals surface area contributed by atoms with Gasteiger partial charge in [-0.2, -0.15) is 0 Å². The average molecular weight is 505 g/mol. The third kappa shape index (κ3) is 5.50. The smallest absolute Gasteiger partial charge is 0.356 e. The van der Waals surface area contributed by atoms with Crippen LogP contribution in [0.25, 0.3) is 0 Å². The molecule has 0 aromatic heterocycles. The van der Waals surface area contributed by atoms with Gasteiger partial charge in [-0.15, -0.1) is 0 Å². The number of hydrogen-bond acceptors (Lipinski definition) is 7. The van der Waals surface area contributed by atoms with Gasteiger partial charge in [-0.3, -0.25) is 15.0 Å². The second-order valence-corrected chi connectivity index (χ2v) is 8.98. The lowest BCUT2D eigenvalue weighted by Gasteiger charge is -2.32. The van der Waals surface area contributed by atoms with Crippen molar-refractivity contribution < 1.29 is 23.9 Å². The van der Waals surface area contributed by atoms with Gasteiger partial charge in [-0.25, -0.2) is 4.79 Å². The van der Waals surface area contributed by atoms with Crippen LogP contribution in [0, 0.1) is 12.3 Å². The number of carbonyl (C=O) groups excluding carboxylic acids is 3. The van der Waals surface area contributed by atoms with Crippen LogP contribution in [0.2, 0.25) is 0 Å². The molecule has 37 heavy (non-hydrogen) atoms. The summed E-state index contributed by atoms with van der Waals surface area (Å²) in [7, 11) is 1.58. The Morgan fingerprint density at radius 2 is 1.70 bits per heavy atom. The Morgan fingerprint density at radius 1 is 1.00 bits per heavy atom. The number of carbonyl (C=O) groups is 3. The minimum atomic E-state index is -0.764. The maximum Gasteiger partial charge on any atom is 0.356 e. The fourth-order valence-electron chi connectivity index (χ4n) is 4.60. The van der Waals surface area contributed by atoms with Crippen molar-refractivity contribution >= 4 is 40.6 Å². The molecule has 1 fully saturated rings. The van der Waals surface area contributed by atoms with Crippen LogP contribution in [0.15, 0.2) is 53.7 Å². The number of nitrogens with one attached hydrogen (secondary N) is 2. The Kier molecular flexibility index (Phi) is 7.91. The summed E-state index contributed by atoms with van der Waals surface area (Å²) in [6.07, 6.45) is 2.73. The Morgan fingerprint density at radius 3 is 2.32 bits per heavy atom. The molecule has 9 nitrogen and oxygen atoms in total. The third-order valence-electron chi connectivity index (χ3n) is 6.62. The highest BCUT2D eigenvalue weighted by Gasteiger charge is 2.33. The van der Waals surface area contributed by atoms with Crippen molar-refractivity contribution in [2.45, 2.75) is 39.5 Å². The zero-order valence-electron chi connectivity index (χ0n) is 21.4. The molecule has 2 aliphatic rings. The Labute approximate surface area is 216 Å². The summed E-state index contributed by atoms with van der Waals surface area (Å²) in [6.45, 7) is 4.69. The van der Waals surface area contributed by atoms with Crippen LogP contribution in [0.1, 0.15) is 38.2 Å². The van der Waals surface area contributed by atoms with Crippen molar-refractivity contribution in [2.75, 3.05) is 41.9 Å². The van der Waals surface area contributed by atoms with E-state index in [1.54, 1.807) is 36.0 Å². The number of methoxy groups -OCH3 is 1. The van der Waals surface area contributed by atoms with Crippen molar-refractivity contribution in [3.05, 3.63) is 59.3 Å². The fraction of sp³-hybridized carbons (Fsp3) is 0.357. The molecule has 0 aliphatic carbocycles. The number of benzene rings is 2. The van der Waals surface area contributed by atoms with Crippen LogP contribution in [0.4, 0.5) is 17.1 Å². The predicted molar refractivity (Wildman–Crippen MR) is 142 cm³/mol. The number of aryl methyl sites for hydroxylation is 1. The number of amides is 2. The normalized spacial score (nSPS) is 16.1. The first-order chi connectivity index (χ1) is 17.8. The molecular formula is C28H32N4O5. The van der Waals surface area contributed by atoms with E-state index in [-0.39, 0.29) is 29.8 Å². The molecule has 1 saturated heterocycles. The Bertz CT molecular complexity index is 1250. The van der Waals surface area contributed by atoms with E-state index in [1.165, 1.54) is 0 Å². The van der Waals surface area contributed by atoms with Crippen LogP contribution in [-0.2, 0) is 19.1 Å². The molecule has 2 aromatic rings. The van der Waals surface area contributed by atoms with Crippen molar-refractivity contribution in [1.29, 1.82) is 5.41 Å². The van der Waals surface area contributed by atoms with E-state index < -0.39 is 5.97 Å². The molecule has 4 rings (SSSR count). The molecule has 0 atom stereocenters. The summed E-state index contributed by atoms with van der Waals surface area (Å²) in [5.74, 6) is -0.327. The first kappa shape index (κ1) is 25.9. The number of esters is 1.